The molecule has 1 N–H and O–H groups in total. The Morgan fingerprint density at radius 1 is 0.968 bits per heavy atom. The number of halogens is 1. The van der Waals surface area contributed by atoms with E-state index < -0.39 is 15.8 Å². The first kappa shape index (κ1) is 21.2. The molecule has 0 saturated heterocycles. The van der Waals surface area contributed by atoms with Gasteiger partial charge in [-0.15, -0.1) is 0 Å². The summed E-state index contributed by atoms with van der Waals surface area (Å²) >= 11 is 5.96. The minimum Gasteiger partial charge on any atom is -0.360 e. The summed E-state index contributed by atoms with van der Waals surface area (Å²) in [6, 6.07) is 19.5. The summed E-state index contributed by atoms with van der Waals surface area (Å²) in [4.78, 5) is 12.8. The molecule has 0 fully saturated rings. The Balaban J connectivity index is 1.77. The van der Waals surface area contributed by atoms with E-state index in [-0.39, 0.29) is 11.4 Å². The lowest BCUT2D eigenvalue weighted by Crippen LogP contribution is -2.39. The number of para-hydroxylation sites is 1. The highest BCUT2D eigenvalue weighted by molar-refractivity contribution is 7.97. The molecule has 31 heavy (non-hydrogen) atoms. The Kier molecular flexibility index (Phi) is 5.60. The number of rotatable bonds is 4. The SMILES string of the molecule is Cc1cc(C)cc(NC=C2C(=O)c3ccccc3N(Cc3ccc(Cl)cc3)S2(=O)=O)c1. The van der Waals surface area contributed by atoms with E-state index in [1.807, 2.05) is 32.0 Å². The molecular formula is C24H21ClN2O3S. The molecule has 0 bridgehead atoms. The van der Waals surface area contributed by atoms with Crippen LogP contribution in [-0.4, -0.2) is 14.2 Å². The van der Waals surface area contributed by atoms with Gasteiger partial charge in [0.2, 0.25) is 5.78 Å². The van der Waals surface area contributed by atoms with Crippen LogP contribution < -0.4 is 9.62 Å². The number of carbonyl (C=O) groups excluding carboxylic acids is 1. The molecule has 1 aliphatic heterocycles. The number of hydrogen-bond acceptors (Lipinski definition) is 4. The molecule has 0 atom stereocenters. The summed E-state index contributed by atoms with van der Waals surface area (Å²) in [6.45, 7) is 4.00. The van der Waals surface area contributed by atoms with E-state index in [0.717, 1.165) is 22.4 Å². The first-order chi connectivity index (χ1) is 14.8. The Hall–Kier alpha value is -3.09. The fourth-order valence-electron chi connectivity index (χ4n) is 3.65. The van der Waals surface area contributed by atoms with E-state index in [2.05, 4.69) is 5.32 Å². The zero-order chi connectivity index (χ0) is 22.2. The third-order valence-corrected chi connectivity index (χ3v) is 7.06. The average molecular weight is 453 g/mol. The lowest BCUT2D eigenvalue weighted by molar-refractivity contribution is 0.104. The van der Waals surface area contributed by atoms with Crippen molar-refractivity contribution in [1.82, 2.24) is 0 Å². The highest BCUT2D eigenvalue weighted by atomic mass is 35.5. The molecule has 0 aromatic heterocycles. The summed E-state index contributed by atoms with van der Waals surface area (Å²) in [7, 11) is -4.08. The maximum Gasteiger partial charge on any atom is 0.270 e. The van der Waals surface area contributed by atoms with E-state index in [9.17, 15) is 13.2 Å². The second kappa shape index (κ2) is 8.21. The van der Waals surface area contributed by atoms with Crippen molar-refractivity contribution in [2.24, 2.45) is 0 Å². The van der Waals surface area contributed by atoms with Gasteiger partial charge in [0, 0.05) is 22.5 Å². The van der Waals surface area contributed by atoms with E-state index in [1.54, 1.807) is 48.5 Å². The number of Topliss-reactive ketones (excluding diaryl/α,β-unsaturated/α-hetero) is 1. The molecule has 0 amide bonds. The summed E-state index contributed by atoms with van der Waals surface area (Å²) in [5.74, 6) is -0.528. The van der Waals surface area contributed by atoms with Crippen molar-refractivity contribution in [1.29, 1.82) is 0 Å². The zero-order valence-electron chi connectivity index (χ0n) is 17.1. The molecule has 5 nitrogen and oxygen atoms in total. The number of ketones is 1. The molecule has 0 aliphatic carbocycles. The molecule has 1 heterocycles. The van der Waals surface area contributed by atoms with E-state index in [0.29, 0.717) is 16.3 Å². The van der Waals surface area contributed by atoms with Crippen LogP contribution in [0.15, 0.2) is 77.8 Å². The number of nitrogens with one attached hydrogen (secondary N) is 1. The van der Waals surface area contributed by atoms with Gasteiger partial charge in [-0.3, -0.25) is 9.10 Å². The van der Waals surface area contributed by atoms with Gasteiger partial charge in [-0.1, -0.05) is 41.9 Å². The van der Waals surface area contributed by atoms with Gasteiger partial charge in [-0.2, -0.15) is 0 Å². The number of allylic oxidation sites excluding steroid dienone is 1. The molecule has 7 heteroatoms. The van der Waals surface area contributed by atoms with Crippen molar-refractivity contribution in [3.8, 4) is 0 Å². The van der Waals surface area contributed by atoms with Gasteiger partial charge < -0.3 is 5.32 Å². The molecule has 0 unspecified atom stereocenters. The monoisotopic (exact) mass is 452 g/mol. The van der Waals surface area contributed by atoms with Crippen molar-refractivity contribution in [2.45, 2.75) is 20.4 Å². The third kappa shape index (κ3) is 4.22. The maximum absolute atomic E-state index is 13.5. The zero-order valence-corrected chi connectivity index (χ0v) is 18.7. The summed E-state index contributed by atoms with van der Waals surface area (Å²) < 4.78 is 28.2. The van der Waals surface area contributed by atoms with Gasteiger partial charge in [0.05, 0.1) is 12.2 Å². The Bertz CT molecular complexity index is 1280. The van der Waals surface area contributed by atoms with E-state index in [4.69, 9.17) is 11.6 Å². The molecule has 4 rings (SSSR count). The first-order valence-corrected chi connectivity index (χ1v) is 11.5. The van der Waals surface area contributed by atoms with Crippen LogP contribution in [0.5, 0.6) is 0 Å². The van der Waals surface area contributed by atoms with Crippen LogP contribution in [0.2, 0.25) is 5.02 Å². The van der Waals surface area contributed by atoms with Crippen LogP contribution in [0.25, 0.3) is 0 Å². The van der Waals surface area contributed by atoms with Gasteiger partial charge in [0.25, 0.3) is 10.0 Å². The Morgan fingerprint density at radius 2 is 1.61 bits per heavy atom. The van der Waals surface area contributed by atoms with Crippen molar-refractivity contribution in [3.63, 3.8) is 0 Å². The summed E-state index contributed by atoms with van der Waals surface area (Å²) in [5, 5.41) is 3.57. The fourth-order valence-corrected chi connectivity index (χ4v) is 5.31. The third-order valence-electron chi connectivity index (χ3n) is 5.04. The molecule has 0 saturated carbocycles. The molecule has 1 aliphatic rings. The number of nitrogens with zero attached hydrogens (tertiary/aromatic N) is 1. The fraction of sp³-hybridized carbons (Fsp3) is 0.125. The van der Waals surface area contributed by atoms with Gasteiger partial charge in [0.15, 0.2) is 4.91 Å². The molecule has 3 aromatic rings. The first-order valence-electron chi connectivity index (χ1n) is 9.71. The normalized spacial score (nSPS) is 16.3. The topological polar surface area (TPSA) is 66.5 Å². The molecule has 3 aromatic carbocycles. The second-order valence-electron chi connectivity index (χ2n) is 7.51. The highest BCUT2D eigenvalue weighted by Gasteiger charge is 2.40. The predicted molar refractivity (Wildman–Crippen MR) is 125 cm³/mol. The Labute approximate surface area is 187 Å². The van der Waals surface area contributed by atoms with Crippen LogP contribution in [0.4, 0.5) is 11.4 Å². The van der Waals surface area contributed by atoms with Crippen LogP contribution >= 0.6 is 11.6 Å². The van der Waals surface area contributed by atoms with Gasteiger partial charge >= 0.3 is 0 Å². The van der Waals surface area contributed by atoms with Crippen molar-refractivity contribution >= 4 is 38.8 Å². The van der Waals surface area contributed by atoms with Crippen LogP contribution in [-0.2, 0) is 16.6 Å². The number of aryl methyl sites for hydroxylation is 2. The molecular weight excluding hydrogens is 432 g/mol. The van der Waals surface area contributed by atoms with Crippen molar-refractivity contribution in [3.05, 3.63) is 105 Å². The second-order valence-corrected chi connectivity index (χ2v) is 9.78. The summed E-state index contributed by atoms with van der Waals surface area (Å²) in [5.41, 5.74) is 4.27. The number of sulfonamides is 1. The minimum atomic E-state index is -4.08. The highest BCUT2D eigenvalue weighted by Crippen LogP contribution is 2.36. The van der Waals surface area contributed by atoms with Crippen LogP contribution in [0.3, 0.4) is 0 Å². The Morgan fingerprint density at radius 3 is 2.29 bits per heavy atom. The molecule has 0 spiro atoms. The minimum absolute atomic E-state index is 0.0880. The van der Waals surface area contributed by atoms with Gasteiger partial charge in [-0.25, -0.2) is 8.42 Å². The van der Waals surface area contributed by atoms with Gasteiger partial charge in [-0.05, 0) is 66.9 Å². The number of hydrogen-bond donors (Lipinski definition) is 1. The van der Waals surface area contributed by atoms with Crippen molar-refractivity contribution < 1.29 is 13.2 Å². The molecule has 0 radical (unpaired) electrons. The van der Waals surface area contributed by atoms with E-state index >= 15 is 0 Å². The maximum atomic E-state index is 13.5. The average Bonchev–Trinajstić information content (AvgIpc) is 2.71. The van der Waals surface area contributed by atoms with Crippen LogP contribution in [0, 0.1) is 13.8 Å². The predicted octanol–water partition coefficient (Wildman–Crippen LogP) is 5.44. The number of carbonyl (C=O) groups is 1. The lowest BCUT2D eigenvalue weighted by Gasteiger charge is -2.31. The van der Waals surface area contributed by atoms with E-state index in [1.165, 1.54) is 10.5 Å². The number of anilines is 2. The number of benzene rings is 3. The number of fused-ring (bicyclic) bond motifs is 1. The standard InChI is InChI=1S/C24H21ClN2O3S/c1-16-11-17(2)13-20(12-16)26-14-23-24(28)21-5-3-4-6-22(21)27(31(23,29)30)15-18-7-9-19(25)10-8-18/h3-14,26H,15H2,1-2H3. The lowest BCUT2D eigenvalue weighted by atomic mass is 10.1. The van der Waals surface area contributed by atoms with Crippen molar-refractivity contribution in [2.75, 3.05) is 9.62 Å². The summed E-state index contributed by atoms with van der Waals surface area (Å²) in [6.07, 6.45) is 1.29. The van der Waals surface area contributed by atoms with Gasteiger partial charge in [0.1, 0.15) is 0 Å². The quantitative estimate of drug-likeness (QED) is 0.535. The van der Waals surface area contributed by atoms with Crippen LogP contribution in [0.1, 0.15) is 27.0 Å². The largest absolute Gasteiger partial charge is 0.360 e. The smallest absolute Gasteiger partial charge is 0.270 e. The molecule has 158 valence electrons.